The Labute approximate surface area is 106 Å². The number of rotatable bonds is 3. The zero-order valence-corrected chi connectivity index (χ0v) is 10.1. The molecule has 1 saturated carbocycles. The highest BCUT2D eigenvalue weighted by Crippen LogP contribution is 2.22. The Morgan fingerprint density at radius 3 is 2.50 bits per heavy atom. The number of nitrogens with zero attached hydrogens (tertiary/aromatic N) is 1. The van der Waals surface area contributed by atoms with Crippen LogP contribution in [0.25, 0.3) is 0 Å². The van der Waals surface area contributed by atoms with E-state index in [0.717, 1.165) is 37.8 Å². The quantitative estimate of drug-likeness (QED) is 0.891. The third-order valence-electron chi connectivity index (χ3n) is 3.41. The van der Waals surface area contributed by atoms with Crippen LogP contribution in [0.2, 0.25) is 0 Å². The number of nitriles is 1. The van der Waals surface area contributed by atoms with Crippen molar-refractivity contribution in [1.82, 2.24) is 5.32 Å². The molecule has 18 heavy (non-hydrogen) atoms. The molecule has 0 bridgehead atoms. The molecule has 1 aliphatic carbocycles. The van der Waals surface area contributed by atoms with E-state index in [2.05, 4.69) is 11.4 Å². The molecule has 0 amide bonds. The molecule has 2 nitrogen and oxygen atoms in total. The first-order valence-electron chi connectivity index (χ1n) is 6.31. The van der Waals surface area contributed by atoms with Crippen molar-refractivity contribution in [3.8, 4) is 6.07 Å². The first-order valence-corrected chi connectivity index (χ1v) is 6.31. The van der Waals surface area contributed by atoms with Gasteiger partial charge in [-0.25, -0.2) is 8.78 Å². The summed E-state index contributed by atoms with van der Waals surface area (Å²) in [5.74, 6) is -1.79. The summed E-state index contributed by atoms with van der Waals surface area (Å²) in [4.78, 5) is 0. The monoisotopic (exact) mass is 250 g/mol. The van der Waals surface area contributed by atoms with Gasteiger partial charge in [-0.1, -0.05) is 25.3 Å². The van der Waals surface area contributed by atoms with E-state index < -0.39 is 17.7 Å². The number of hydrogen-bond acceptors (Lipinski definition) is 2. The zero-order valence-electron chi connectivity index (χ0n) is 10.1. The lowest BCUT2D eigenvalue weighted by Crippen LogP contribution is -2.33. The fraction of sp³-hybridized carbons (Fsp3) is 0.500. The Morgan fingerprint density at radius 1 is 1.17 bits per heavy atom. The van der Waals surface area contributed by atoms with Gasteiger partial charge in [0, 0.05) is 6.04 Å². The van der Waals surface area contributed by atoms with E-state index in [4.69, 9.17) is 5.26 Å². The van der Waals surface area contributed by atoms with E-state index in [0.29, 0.717) is 11.6 Å². The van der Waals surface area contributed by atoms with Crippen LogP contribution in [-0.2, 0) is 0 Å². The first kappa shape index (κ1) is 13.0. The van der Waals surface area contributed by atoms with Crippen LogP contribution < -0.4 is 5.32 Å². The molecule has 0 aliphatic heterocycles. The Balaban J connectivity index is 2.07. The molecule has 96 valence electrons. The van der Waals surface area contributed by atoms with Gasteiger partial charge in [-0.15, -0.1) is 0 Å². The molecule has 1 aromatic carbocycles. The van der Waals surface area contributed by atoms with E-state index in [1.807, 2.05) is 0 Å². The maximum atomic E-state index is 13.1. The minimum absolute atomic E-state index is 0.302. The minimum atomic E-state index is -0.904. The van der Waals surface area contributed by atoms with Gasteiger partial charge in [0.05, 0.1) is 6.07 Å². The molecule has 1 aliphatic rings. The van der Waals surface area contributed by atoms with Gasteiger partial charge in [0.1, 0.15) is 6.04 Å². The normalized spacial score (nSPS) is 18.3. The Hall–Kier alpha value is -1.47. The molecular formula is C14H16F2N2. The molecule has 0 radical (unpaired) electrons. The van der Waals surface area contributed by atoms with Gasteiger partial charge in [0.2, 0.25) is 0 Å². The molecule has 0 aromatic heterocycles. The van der Waals surface area contributed by atoms with E-state index in [9.17, 15) is 8.78 Å². The van der Waals surface area contributed by atoms with Crippen LogP contribution in [0.15, 0.2) is 18.2 Å². The second-order valence-corrected chi connectivity index (χ2v) is 4.74. The van der Waals surface area contributed by atoms with Crippen molar-refractivity contribution in [2.45, 2.75) is 44.2 Å². The van der Waals surface area contributed by atoms with Crippen molar-refractivity contribution in [3.05, 3.63) is 35.4 Å². The first-order chi connectivity index (χ1) is 8.70. The fourth-order valence-corrected chi connectivity index (χ4v) is 2.40. The van der Waals surface area contributed by atoms with Crippen LogP contribution in [-0.4, -0.2) is 6.04 Å². The second kappa shape index (κ2) is 5.92. The molecule has 1 fully saturated rings. The summed E-state index contributed by atoms with van der Waals surface area (Å²) >= 11 is 0. The lowest BCUT2D eigenvalue weighted by atomic mass is 9.94. The van der Waals surface area contributed by atoms with Crippen molar-refractivity contribution in [3.63, 3.8) is 0 Å². The van der Waals surface area contributed by atoms with Crippen LogP contribution in [0.1, 0.15) is 43.7 Å². The summed E-state index contributed by atoms with van der Waals surface area (Å²) in [7, 11) is 0. The van der Waals surface area contributed by atoms with Crippen LogP contribution in [0.4, 0.5) is 8.78 Å². The second-order valence-electron chi connectivity index (χ2n) is 4.74. The highest BCUT2D eigenvalue weighted by Gasteiger charge is 2.19. The predicted molar refractivity (Wildman–Crippen MR) is 64.7 cm³/mol. The van der Waals surface area contributed by atoms with E-state index >= 15 is 0 Å². The lowest BCUT2D eigenvalue weighted by molar-refractivity contribution is 0.359. The average molecular weight is 250 g/mol. The van der Waals surface area contributed by atoms with E-state index in [1.54, 1.807) is 0 Å². The number of benzene rings is 1. The highest BCUT2D eigenvalue weighted by atomic mass is 19.2. The van der Waals surface area contributed by atoms with Crippen molar-refractivity contribution in [2.75, 3.05) is 0 Å². The van der Waals surface area contributed by atoms with Crippen molar-refractivity contribution >= 4 is 0 Å². The molecule has 4 heteroatoms. The molecule has 0 saturated heterocycles. The average Bonchev–Trinajstić information content (AvgIpc) is 2.40. The van der Waals surface area contributed by atoms with Crippen LogP contribution in [0.3, 0.4) is 0 Å². The summed E-state index contributed by atoms with van der Waals surface area (Å²) in [5, 5.41) is 12.4. The van der Waals surface area contributed by atoms with Crippen molar-refractivity contribution in [2.24, 2.45) is 0 Å². The molecule has 1 aromatic rings. The summed E-state index contributed by atoms with van der Waals surface area (Å²) in [5.41, 5.74) is 0.488. The fourth-order valence-electron chi connectivity index (χ4n) is 2.40. The summed E-state index contributed by atoms with van der Waals surface area (Å²) in [6.45, 7) is 0. The summed E-state index contributed by atoms with van der Waals surface area (Å²) in [6, 6.07) is 5.47. The van der Waals surface area contributed by atoms with Crippen LogP contribution in [0.5, 0.6) is 0 Å². The van der Waals surface area contributed by atoms with Crippen LogP contribution in [0, 0.1) is 23.0 Å². The molecule has 1 unspecified atom stereocenters. The third kappa shape index (κ3) is 3.05. The van der Waals surface area contributed by atoms with Gasteiger partial charge in [0.25, 0.3) is 0 Å². The van der Waals surface area contributed by atoms with Gasteiger partial charge < -0.3 is 0 Å². The number of halogens is 2. The molecule has 1 atom stereocenters. The maximum absolute atomic E-state index is 13.1. The van der Waals surface area contributed by atoms with Crippen LogP contribution >= 0.6 is 0 Å². The molecule has 0 heterocycles. The highest BCUT2D eigenvalue weighted by molar-refractivity contribution is 5.25. The maximum Gasteiger partial charge on any atom is 0.159 e. The molecule has 0 spiro atoms. The smallest absolute Gasteiger partial charge is 0.159 e. The third-order valence-corrected chi connectivity index (χ3v) is 3.41. The Morgan fingerprint density at radius 2 is 1.89 bits per heavy atom. The number of nitrogens with one attached hydrogen (secondary N) is 1. The van der Waals surface area contributed by atoms with E-state index in [1.165, 1.54) is 12.5 Å². The molecule has 1 N–H and O–H groups in total. The summed E-state index contributed by atoms with van der Waals surface area (Å²) in [6.07, 6.45) is 5.64. The number of hydrogen-bond donors (Lipinski definition) is 1. The predicted octanol–water partition coefficient (Wildman–Crippen LogP) is 3.45. The van der Waals surface area contributed by atoms with Gasteiger partial charge in [0.15, 0.2) is 11.6 Å². The standard InChI is InChI=1S/C14H16F2N2/c15-12-7-6-10(8-13(12)16)14(9-17)18-11-4-2-1-3-5-11/h6-8,11,14,18H,1-5H2. The minimum Gasteiger partial charge on any atom is -0.295 e. The Kier molecular flexibility index (Phi) is 4.27. The lowest BCUT2D eigenvalue weighted by Gasteiger charge is -2.25. The van der Waals surface area contributed by atoms with Crippen molar-refractivity contribution < 1.29 is 8.78 Å². The summed E-state index contributed by atoms with van der Waals surface area (Å²) < 4.78 is 26.0. The zero-order chi connectivity index (χ0) is 13.0. The van der Waals surface area contributed by atoms with Gasteiger partial charge in [-0.3, -0.25) is 5.32 Å². The van der Waals surface area contributed by atoms with Gasteiger partial charge in [-0.2, -0.15) is 5.26 Å². The molecule has 2 rings (SSSR count). The van der Waals surface area contributed by atoms with Gasteiger partial charge >= 0.3 is 0 Å². The molecular weight excluding hydrogens is 234 g/mol. The van der Waals surface area contributed by atoms with Crippen molar-refractivity contribution in [1.29, 1.82) is 5.26 Å². The topological polar surface area (TPSA) is 35.8 Å². The van der Waals surface area contributed by atoms with Gasteiger partial charge in [-0.05, 0) is 30.5 Å². The van der Waals surface area contributed by atoms with E-state index in [-0.39, 0.29) is 0 Å². The largest absolute Gasteiger partial charge is 0.295 e. The SMILES string of the molecule is N#CC(NC1CCCCC1)c1ccc(F)c(F)c1. The Bertz CT molecular complexity index is 448.